The number of hydrogen-bond acceptors (Lipinski definition) is 0. The molecule has 0 amide bonds. The fourth-order valence-electron chi connectivity index (χ4n) is 2.70. The van der Waals surface area contributed by atoms with E-state index in [0.29, 0.717) is 0 Å². The van der Waals surface area contributed by atoms with Crippen molar-refractivity contribution in [1.82, 2.24) is 0 Å². The monoisotopic (exact) mass is 383 g/mol. The van der Waals surface area contributed by atoms with Crippen LogP contribution in [0.5, 0.6) is 0 Å². The molecule has 0 rings (SSSR count). The summed E-state index contributed by atoms with van der Waals surface area (Å²) in [6, 6.07) is 0. The first kappa shape index (κ1) is 23.1. The van der Waals surface area contributed by atoms with Crippen LogP contribution < -0.4 is 0 Å². The lowest BCUT2D eigenvalue weighted by atomic mass is 10.0. The second-order valence-electron chi connectivity index (χ2n) is 6.50. The molecule has 22 heavy (non-hydrogen) atoms. The van der Waals surface area contributed by atoms with E-state index < -0.39 is 4.33 Å². The van der Waals surface area contributed by atoms with Gasteiger partial charge in [-0.25, -0.2) is 0 Å². The van der Waals surface area contributed by atoms with E-state index in [1.807, 2.05) is 0 Å². The van der Waals surface area contributed by atoms with Gasteiger partial charge in [0.25, 0.3) is 0 Å². The van der Waals surface area contributed by atoms with Crippen molar-refractivity contribution < 1.29 is 0 Å². The van der Waals surface area contributed by atoms with Gasteiger partial charge in [0.05, 0.1) is 0 Å². The van der Waals surface area contributed by atoms with Crippen molar-refractivity contribution in [3.8, 4) is 0 Å². The van der Waals surface area contributed by atoms with E-state index >= 15 is 0 Å². The highest BCUT2D eigenvalue weighted by Gasteiger charge is 2.22. The molecule has 0 spiro atoms. The summed E-state index contributed by atoms with van der Waals surface area (Å²) in [4.78, 5) is 0. The van der Waals surface area contributed by atoms with Gasteiger partial charge < -0.3 is 0 Å². The number of alkyl halides is 3. The third kappa shape index (κ3) is 17.4. The van der Waals surface area contributed by atoms with Crippen LogP contribution in [0.3, 0.4) is 0 Å². The minimum absolute atomic E-state index is 0.125. The molecule has 0 aromatic heterocycles. The molecule has 3 radical (unpaired) electrons. The Bertz CT molecular complexity index is 232. The van der Waals surface area contributed by atoms with Crippen LogP contribution in [0.1, 0.15) is 103 Å². The molecule has 1 atom stereocenters. The molecule has 0 aromatic rings. The maximum absolute atomic E-state index is 6.42. The van der Waals surface area contributed by atoms with Crippen molar-refractivity contribution in [2.24, 2.45) is 0 Å². The summed E-state index contributed by atoms with van der Waals surface area (Å²) in [6.45, 7) is 2.26. The fraction of sp³-hybridized carbons (Fsp3) is 1.00. The van der Waals surface area contributed by atoms with Crippen LogP contribution in [0.4, 0.5) is 0 Å². The molecule has 0 fully saturated rings. The summed E-state index contributed by atoms with van der Waals surface area (Å²) in [5.74, 6) is 0. The SMILES string of the molecule is CCCCCCCCCC(Cl)(Cl)CCCCCCCC([Si])Cl. The molecule has 0 N–H and O–H groups in total. The molecule has 4 heteroatoms. The lowest BCUT2D eigenvalue weighted by molar-refractivity contribution is 0.513. The number of hydrogen-bond donors (Lipinski definition) is 0. The van der Waals surface area contributed by atoms with Crippen molar-refractivity contribution in [1.29, 1.82) is 0 Å². The van der Waals surface area contributed by atoms with Gasteiger partial charge in [-0.05, 0) is 19.3 Å². The van der Waals surface area contributed by atoms with Gasteiger partial charge in [-0.2, -0.15) is 0 Å². The first-order valence-electron chi connectivity index (χ1n) is 9.21. The smallest absolute Gasteiger partial charge is 0.118 e. The quantitative estimate of drug-likeness (QED) is 0.145. The van der Waals surface area contributed by atoms with Gasteiger partial charge in [0.15, 0.2) is 0 Å². The van der Waals surface area contributed by atoms with Crippen molar-refractivity contribution >= 4 is 45.0 Å². The predicted octanol–water partition coefficient (Wildman–Crippen LogP) is 7.77. The summed E-state index contributed by atoms with van der Waals surface area (Å²) in [6.07, 6.45) is 18.2. The zero-order valence-electron chi connectivity index (χ0n) is 14.3. The Balaban J connectivity index is 3.37. The van der Waals surface area contributed by atoms with Crippen molar-refractivity contribution in [3.63, 3.8) is 0 Å². The third-order valence-electron chi connectivity index (χ3n) is 4.15. The molecule has 0 saturated carbocycles. The molecule has 0 saturated heterocycles. The number of unbranched alkanes of at least 4 members (excludes halogenated alkanes) is 10. The lowest BCUT2D eigenvalue weighted by Gasteiger charge is -2.19. The summed E-state index contributed by atoms with van der Waals surface area (Å²) < 4.78 is -0.500. The lowest BCUT2D eigenvalue weighted by Crippen LogP contribution is -2.12. The minimum Gasteiger partial charge on any atom is -0.127 e. The highest BCUT2D eigenvalue weighted by atomic mass is 35.5. The average molecular weight is 385 g/mol. The van der Waals surface area contributed by atoms with Crippen LogP contribution in [0.25, 0.3) is 0 Å². The van der Waals surface area contributed by atoms with Crippen LogP contribution >= 0.6 is 34.8 Å². The van der Waals surface area contributed by atoms with Gasteiger partial charge in [0.1, 0.15) is 4.33 Å². The Morgan fingerprint density at radius 1 is 0.727 bits per heavy atom. The molecular formula is C18H34Cl3Si. The Hall–Kier alpha value is 1.09. The van der Waals surface area contributed by atoms with Crippen molar-refractivity contribution in [2.75, 3.05) is 0 Å². The average Bonchev–Trinajstić information content (AvgIpc) is 2.45. The zero-order chi connectivity index (χ0) is 16.7. The second kappa shape index (κ2) is 15.6. The van der Waals surface area contributed by atoms with E-state index in [-0.39, 0.29) is 5.00 Å². The zero-order valence-corrected chi connectivity index (χ0v) is 17.6. The molecular weight excluding hydrogens is 351 g/mol. The topological polar surface area (TPSA) is 0 Å². The van der Waals surface area contributed by atoms with Crippen LogP contribution in [0.2, 0.25) is 0 Å². The molecule has 131 valence electrons. The Morgan fingerprint density at radius 2 is 1.14 bits per heavy atom. The molecule has 0 aliphatic carbocycles. The summed E-state index contributed by atoms with van der Waals surface area (Å²) in [7, 11) is 3.41. The van der Waals surface area contributed by atoms with Gasteiger partial charge in [-0.1, -0.05) is 84.0 Å². The molecule has 0 bridgehead atoms. The normalized spacial score (nSPS) is 13.5. The van der Waals surface area contributed by atoms with E-state index in [9.17, 15) is 0 Å². The van der Waals surface area contributed by atoms with Gasteiger partial charge in [-0.3, -0.25) is 0 Å². The maximum Gasteiger partial charge on any atom is 0.118 e. The molecule has 0 aliphatic rings. The number of rotatable bonds is 16. The van der Waals surface area contributed by atoms with Crippen molar-refractivity contribution in [2.45, 2.75) is 113 Å². The summed E-state index contributed by atoms with van der Waals surface area (Å²) in [5.41, 5.74) is 0. The van der Waals surface area contributed by atoms with Crippen LogP contribution in [0.15, 0.2) is 0 Å². The molecule has 1 unspecified atom stereocenters. The van der Waals surface area contributed by atoms with E-state index in [1.54, 1.807) is 0 Å². The Kier molecular flexibility index (Phi) is 16.4. The van der Waals surface area contributed by atoms with Crippen molar-refractivity contribution in [3.05, 3.63) is 0 Å². The number of halogens is 3. The fourth-order valence-corrected chi connectivity index (χ4v) is 3.60. The second-order valence-corrected chi connectivity index (χ2v) is 9.73. The van der Waals surface area contributed by atoms with Crippen LogP contribution in [0, 0.1) is 0 Å². The van der Waals surface area contributed by atoms with E-state index in [4.69, 9.17) is 34.8 Å². The highest BCUT2D eigenvalue weighted by Crippen LogP contribution is 2.33. The molecule has 0 aliphatic heterocycles. The van der Waals surface area contributed by atoms with E-state index in [2.05, 4.69) is 17.2 Å². The Morgan fingerprint density at radius 3 is 1.59 bits per heavy atom. The van der Waals surface area contributed by atoms with Gasteiger partial charge >= 0.3 is 0 Å². The highest BCUT2D eigenvalue weighted by molar-refractivity contribution is 6.48. The standard InChI is InChI=1S/C18H34Cl3Si/c1-2-3-4-5-6-9-12-15-18(20,21)16-13-10-7-8-11-14-17(19)22/h17H,2-16H2,1H3. The molecule has 0 nitrogen and oxygen atoms in total. The first-order chi connectivity index (χ1) is 10.5. The van der Waals surface area contributed by atoms with Crippen LogP contribution in [-0.2, 0) is 0 Å². The first-order valence-corrected chi connectivity index (χ1v) is 11.0. The minimum atomic E-state index is -0.500. The Labute approximate surface area is 157 Å². The largest absolute Gasteiger partial charge is 0.127 e. The van der Waals surface area contributed by atoms with E-state index in [0.717, 1.165) is 25.7 Å². The van der Waals surface area contributed by atoms with Crippen LogP contribution in [-0.4, -0.2) is 19.6 Å². The third-order valence-corrected chi connectivity index (χ3v) is 5.41. The maximum atomic E-state index is 6.42. The predicted molar refractivity (Wildman–Crippen MR) is 105 cm³/mol. The van der Waals surface area contributed by atoms with Gasteiger partial charge in [-0.15, -0.1) is 34.8 Å². The molecule has 0 heterocycles. The summed E-state index contributed by atoms with van der Waals surface area (Å²) >= 11 is 18.7. The van der Waals surface area contributed by atoms with E-state index in [1.165, 1.54) is 70.6 Å². The van der Waals surface area contributed by atoms with Gasteiger partial charge in [0.2, 0.25) is 0 Å². The van der Waals surface area contributed by atoms with Gasteiger partial charge in [0, 0.05) is 15.2 Å². The molecule has 0 aromatic carbocycles. The summed E-state index contributed by atoms with van der Waals surface area (Å²) in [5, 5.41) is 0.125.